The van der Waals surface area contributed by atoms with Gasteiger partial charge in [-0.2, -0.15) is 0 Å². The molecule has 1 aliphatic heterocycles. The molecule has 1 heterocycles. The maximum absolute atomic E-state index is 4.52. The van der Waals surface area contributed by atoms with Gasteiger partial charge in [-0.3, -0.25) is 4.99 Å². The average molecular weight is 166 g/mol. The maximum Gasteiger partial charge on any atom is 0.0663 e. The Hall–Kier alpha value is -0.790. The Labute approximate surface area is 75.0 Å². The minimum atomic E-state index is 0.508. The molecule has 0 radical (unpaired) electrons. The van der Waals surface area contributed by atoms with Crippen molar-refractivity contribution in [2.24, 2.45) is 4.99 Å². The third-order valence-corrected chi connectivity index (χ3v) is 2.73. The van der Waals surface area contributed by atoms with E-state index in [0.717, 1.165) is 12.1 Å². The number of hydrogen-bond acceptors (Lipinski definition) is 2. The number of nitrogens with zero attached hydrogens (tertiary/aromatic N) is 2. The van der Waals surface area contributed by atoms with E-state index in [1.165, 1.54) is 11.4 Å². The molecule has 1 atom stereocenters. The van der Waals surface area contributed by atoms with Crippen molar-refractivity contribution in [3.05, 3.63) is 11.4 Å². The van der Waals surface area contributed by atoms with Gasteiger partial charge in [0.25, 0.3) is 0 Å². The summed E-state index contributed by atoms with van der Waals surface area (Å²) in [6.07, 6.45) is 1.14. The lowest BCUT2D eigenvalue weighted by Gasteiger charge is -2.33. The summed E-state index contributed by atoms with van der Waals surface area (Å²) in [6.45, 7) is 8.52. The van der Waals surface area contributed by atoms with Crippen molar-refractivity contribution in [3.8, 4) is 0 Å². The summed E-state index contributed by atoms with van der Waals surface area (Å²) in [4.78, 5) is 6.84. The molecule has 0 amide bonds. The highest BCUT2D eigenvalue weighted by Gasteiger charge is 2.21. The standard InChI is InChI=1S/C10H18N2/c1-6-10-8(3)11-7(2)9(4)12(10)5/h10H,6H2,1-5H3. The molecule has 0 saturated heterocycles. The summed E-state index contributed by atoms with van der Waals surface area (Å²) < 4.78 is 0. The molecule has 0 N–H and O–H groups in total. The predicted molar refractivity (Wildman–Crippen MR) is 53.3 cm³/mol. The fraction of sp³-hybridized carbons (Fsp3) is 0.700. The number of aliphatic imine (C=N–C) groups is 1. The van der Waals surface area contributed by atoms with Crippen LogP contribution in [-0.4, -0.2) is 23.7 Å². The Morgan fingerprint density at radius 1 is 1.33 bits per heavy atom. The SMILES string of the molecule is CCC1C(C)=NC(C)=C(C)N1C. The Balaban J connectivity index is 2.98. The first-order chi connectivity index (χ1) is 5.57. The van der Waals surface area contributed by atoms with Crippen LogP contribution in [0, 0.1) is 0 Å². The first-order valence-electron chi connectivity index (χ1n) is 4.53. The summed E-state index contributed by atoms with van der Waals surface area (Å²) in [7, 11) is 2.14. The van der Waals surface area contributed by atoms with Crippen LogP contribution < -0.4 is 0 Å². The van der Waals surface area contributed by atoms with Gasteiger partial charge in [0.15, 0.2) is 0 Å². The average Bonchev–Trinajstić information content (AvgIpc) is 2.01. The van der Waals surface area contributed by atoms with Crippen LogP contribution in [0.2, 0.25) is 0 Å². The van der Waals surface area contributed by atoms with Crippen molar-refractivity contribution >= 4 is 5.71 Å². The van der Waals surface area contributed by atoms with Crippen molar-refractivity contribution in [3.63, 3.8) is 0 Å². The molecule has 1 unspecified atom stereocenters. The Bertz CT molecular complexity index is 238. The van der Waals surface area contributed by atoms with Crippen LogP contribution >= 0.6 is 0 Å². The fourth-order valence-corrected chi connectivity index (χ4v) is 1.76. The molecular weight excluding hydrogens is 148 g/mol. The monoisotopic (exact) mass is 166 g/mol. The summed E-state index contributed by atoms with van der Waals surface area (Å²) in [5.74, 6) is 0. The van der Waals surface area contributed by atoms with Crippen LogP contribution in [0.15, 0.2) is 16.4 Å². The Morgan fingerprint density at radius 3 is 2.42 bits per heavy atom. The van der Waals surface area contributed by atoms with Gasteiger partial charge in [0, 0.05) is 18.5 Å². The first-order valence-corrected chi connectivity index (χ1v) is 4.53. The highest BCUT2D eigenvalue weighted by atomic mass is 15.2. The smallest absolute Gasteiger partial charge is 0.0663 e. The Morgan fingerprint density at radius 2 is 1.92 bits per heavy atom. The molecule has 0 aromatic heterocycles. The van der Waals surface area contributed by atoms with Crippen molar-refractivity contribution in [2.75, 3.05) is 7.05 Å². The van der Waals surface area contributed by atoms with Gasteiger partial charge >= 0.3 is 0 Å². The number of hydrogen-bond donors (Lipinski definition) is 0. The predicted octanol–water partition coefficient (Wildman–Crippen LogP) is 2.42. The molecule has 0 fully saturated rings. The molecule has 2 heteroatoms. The van der Waals surface area contributed by atoms with E-state index < -0.39 is 0 Å². The molecule has 0 spiro atoms. The fourth-order valence-electron chi connectivity index (χ4n) is 1.76. The van der Waals surface area contributed by atoms with Crippen LogP contribution in [0.25, 0.3) is 0 Å². The van der Waals surface area contributed by atoms with E-state index >= 15 is 0 Å². The van der Waals surface area contributed by atoms with Gasteiger partial charge < -0.3 is 4.90 Å². The molecule has 68 valence electrons. The summed E-state index contributed by atoms with van der Waals surface area (Å²) in [6, 6.07) is 0.508. The molecule has 2 nitrogen and oxygen atoms in total. The van der Waals surface area contributed by atoms with Crippen molar-refractivity contribution < 1.29 is 0 Å². The molecule has 0 aromatic rings. The minimum absolute atomic E-state index is 0.508. The van der Waals surface area contributed by atoms with E-state index in [-0.39, 0.29) is 0 Å². The molecule has 0 bridgehead atoms. The quantitative estimate of drug-likeness (QED) is 0.584. The zero-order valence-electron chi connectivity index (χ0n) is 8.68. The highest BCUT2D eigenvalue weighted by molar-refractivity contribution is 5.89. The minimum Gasteiger partial charge on any atom is -0.368 e. The lowest BCUT2D eigenvalue weighted by Crippen LogP contribution is -2.38. The summed E-state index contributed by atoms with van der Waals surface area (Å²) >= 11 is 0. The van der Waals surface area contributed by atoms with Crippen LogP contribution in [0.4, 0.5) is 0 Å². The second-order valence-electron chi connectivity index (χ2n) is 3.46. The highest BCUT2D eigenvalue weighted by Crippen LogP contribution is 2.20. The second kappa shape index (κ2) is 3.30. The zero-order valence-corrected chi connectivity index (χ0v) is 8.68. The third-order valence-electron chi connectivity index (χ3n) is 2.73. The van der Waals surface area contributed by atoms with E-state index in [0.29, 0.717) is 6.04 Å². The van der Waals surface area contributed by atoms with Crippen molar-refractivity contribution in [2.45, 2.75) is 40.2 Å². The first kappa shape index (κ1) is 9.30. The molecule has 0 saturated carbocycles. The molecular formula is C10H18N2. The van der Waals surface area contributed by atoms with Gasteiger partial charge in [-0.05, 0) is 27.2 Å². The van der Waals surface area contributed by atoms with E-state index in [4.69, 9.17) is 0 Å². The number of allylic oxidation sites excluding steroid dienone is 2. The van der Waals surface area contributed by atoms with E-state index in [2.05, 4.69) is 44.6 Å². The molecule has 0 aromatic carbocycles. The van der Waals surface area contributed by atoms with Gasteiger partial charge in [-0.15, -0.1) is 0 Å². The second-order valence-corrected chi connectivity index (χ2v) is 3.46. The molecule has 1 aliphatic rings. The van der Waals surface area contributed by atoms with E-state index in [1.807, 2.05) is 0 Å². The molecule has 0 aliphatic carbocycles. The summed E-state index contributed by atoms with van der Waals surface area (Å²) in [5.41, 5.74) is 3.69. The zero-order chi connectivity index (χ0) is 9.30. The van der Waals surface area contributed by atoms with Crippen molar-refractivity contribution in [1.82, 2.24) is 4.90 Å². The van der Waals surface area contributed by atoms with E-state index in [9.17, 15) is 0 Å². The lowest BCUT2D eigenvalue weighted by molar-refractivity contribution is 0.351. The van der Waals surface area contributed by atoms with Crippen LogP contribution in [0.3, 0.4) is 0 Å². The lowest BCUT2D eigenvalue weighted by atomic mass is 10.1. The number of rotatable bonds is 1. The molecule has 1 rings (SSSR count). The third kappa shape index (κ3) is 1.38. The Kier molecular flexibility index (Phi) is 2.55. The van der Waals surface area contributed by atoms with Gasteiger partial charge in [0.05, 0.1) is 11.7 Å². The van der Waals surface area contributed by atoms with Gasteiger partial charge in [0.2, 0.25) is 0 Å². The largest absolute Gasteiger partial charge is 0.368 e. The molecule has 12 heavy (non-hydrogen) atoms. The van der Waals surface area contributed by atoms with Crippen molar-refractivity contribution in [1.29, 1.82) is 0 Å². The van der Waals surface area contributed by atoms with Crippen LogP contribution in [0.1, 0.15) is 34.1 Å². The van der Waals surface area contributed by atoms with Gasteiger partial charge in [0.1, 0.15) is 0 Å². The summed E-state index contributed by atoms with van der Waals surface area (Å²) in [5, 5.41) is 0. The van der Waals surface area contributed by atoms with Gasteiger partial charge in [-0.25, -0.2) is 0 Å². The van der Waals surface area contributed by atoms with Crippen LogP contribution in [0.5, 0.6) is 0 Å². The van der Waals surface area contributed by atoms with Crippen LogP contribution in [-0.2, 0) is 0 Å². The maximum atomic E-state index is 4.52. The topological polar surface area (TPSA) is 15.6 Å². The normalized spacial score (nSPS) is 24.6. The van der Waals surface area contributed by atoms with Gasteiger partial charge in [-0.1, -0.05) is 6.92 Å². The van der Waals surface area contributed by atoms with E-state index in [1.54, 1.807) is 0 Å².